The highest BCUT2D eigenvalue weighted by Gasteiger charge is 2.06. The van der Waals surface area contributed by atoms with Gasteiger partial charge in [-0.05, 0) is 42.3 Å². The molecule has 0 spiro atoms. The van der Waals surface area contributed by atoms with Crippen LogP contribution in [0.1, 0.15) is 17.3 Å². The van der Waals surface area contributed by atoms with Gasteiger partial charge in [-0.2, -0.15) is 0 Å². The first-order valence-corrected chi connectivity index (χ1v) is 5.77. The number of carbonyl (C=O) groups excluding carboxylic acids is 1. The van der Waals surface area contributed by atoms with Gasteiger partial charge in [0, 0.05) is 0 Å². The fourth-order valence-electron chi connectivity index (χ4n) is 1.70. The lowest BCUT2D eigenvalue weighted by Gasteiger charge is -2.04. The minimum atomic E-state index is -0.319. The highest BCUT2D eigenvalue weighted by Crippen LogP contribution is 2.23. The molecule has 0 radical (unpaired) electrons. The molecule has 0 unspecified atom stereocenters. The molecule has 0 bridgehead atoms. The number of esters is 1. The molecule has 3 heteroatoms. The van der Waals surface area contributed by atoms with E-state index < -0.39 is 0 Å². The van der Waals surface area contributed by atoms with Crippen molar-refractivity contribution in [2.75, 3.05) is 6.61 Å². The first-order valence-electron chi connectivity index (χ1n) is 5.77. The quantitative estimate of drug-likeness (QED) is 0.840. The molecule has 1 N–H and O–H groups in total. The number of ether oxygens (including phenoxy) is 1. The van der Waals surface area contributed by atoms with Crippen molar-refractivity contribution >= 4 is 5.97 Å². The van der Waals surface area contributed by atoms with Crippen molar-refractivity contribution in [3.63, 3.8) is 0 Å². The van der Waals surface area contributed by atoms with Gasteiger partial charge < -0.3 is 9.84 Å². The van der Waals surface area contributed by atoms with E-state index in [2.05, 4.69) is 0 Å². The van der Waals surface area contributed by atoms with Crippen LogP contribution in [0, 0.1) is 0 Å². The topological polar surface area (TPSA) is 46.5 Å². The van der Waals surface area contributed by atoms with Crippen LogP contribution in [0.3, 0.4) is 0 Å². The molecular formula is C15H14O3. The van der Waals surface area contributed by atoms with Crippen molar-refractivity contribution in [3.05, 3.63) is 54.1 Å². The average molecular weight is 242 g/mol. The van der Waals surface area contributed by atoms with Gasteiger partial charge >= 0.3 is 5.97 Å². The smallest absolute Gasteiger partial charge is 0.338 e. The van der Waals surface area contributed by atoms with Crippen LogP contribution in [0.15, 0.2) is 48.5 Å². The second-order valence-corrected chi connectivity index (χ2v) is 3.85. The van der Waals surface area contributed by atoms with Crippen molar-refractivity contribution in [2.24, 2.45) is 0 Å². The number of carbonyl (C=O) groups is 1. The molecule has 0 saturated heterocycles. The number of aromatic hydroxyl groups is 1. The summed E-state index contributed by atoms with van der Waals surface area (Å²) in [6.07, 6.45) is 0. The van der Waals surface area contributed by atoms with Gasteiger partial charge in [0.1, 0.15) is 5.75 Å². The van der Waals surface area contributed by atoms with Crippen LogP contribution in [0.25, 0.3) is 11.1 Å². The summed E-state index contributed by atoms with van der Waals surface area (Å²) in [6, 6.07) is 14.1. The summed E-state index contributed by atoms with van der Waals surface area (Å²) < 4.78 is 4.91. The Bertz CT molecular complexity index is 544. The normalized spacial score (nSPS) is 10.1. The molecule has 0 amide bonds. The van der Waals surface area contributed by atoms with Crippen molar-refractivity contribution < 1.29 is 14.6 Å². The zero-order valence-corrected chi connectivity index (χ0v) is 10.1. The summed E-state index contributed by atoms with van der Waals surface area (Å²) in [5, 5.41) is 9.41. The lowest BCUT2D eigenvalue weighted by molar-refractivity contribution is 0.0526. The number of phenolic OH excluding ortho intramolecular Hbond substituents is 1. The molecule has 0 fully saturated rings. The van der Waals surface area contributed by atoms with Crippen LogP contribution >= 0.6 is 0 Å². The third kappa shape index (κ3) is 2.69. The summed E-state index contributed by atoms with van der Waals surface area (Å²) in [5.41, 5.74) is 2.38. The van der Waals surface area contributed by atoms with E-state index in [4.69, 9.17) is 4.74 Å². The second kappa shape index (κ2) is 5.36. The lowest BCUT2D eigenvalue weighted by Crippen LogP contribution is -2.03. The number of hydrogen-bond donors (Lipinski definition) is 1. The Balaban J connectivity index is 2.25. The number of phenols is 1. The second-order valence-electron chi connectivity index (χ2n) is 3.85. The Hall–Kier alpha value is -2.29. The van der Waals surface area contributed by atoms with Crippen molar-refractivity contribution in [3.8, 4) is 16.9 Å². The zero-order valence-electron chi connectivity index (χ0n) is 10.1. The standard InChI is InChI=1S/C15H14O3/c1-2-18-15(17)12-8-6-11(7-9-12)13-4-3-5-14(16)10-13/h3-10,16H,2H2,1H3. The van der Waals surface area contributed by atoms with E-state index in [9.17, 15) is 9.90 Å². The van der Waals surface area contributed by atoms with Crippen LogP contribution in [-0.4, -0.2) is 17.7 Å². The van der Waals surface area contributed by atoms with Gasteiger partial charge in [-0.15, -0.1) is 0 Å². The number of benzene rings is 2. The van der Waals surface area contributed by atoms with E-state index in [1.807, 2.05) is 18.2 Å². The lowest BCUT2D eigenvalue weighted by atomic mass is 10.0. The molecule has 0 aromatic heterocycles. The molecule has 0 aliphatic carbocycles. The Morgan fingerprint density at radius 3 is 2.44 bits per heavy atom. The summed E-state index contributed by atoms with van der Waals surface area (Å²) in [4.78, 5) is 11.5. The first-order chi connectivity index (χ1) is 8.70. The van der Waals surface area contributed by atoms with Gasteiger partial charge in [0.15, 0.2) is 0 Å². The summed E-state index contributed by atoms with van der Waals surface area (Å²) in [5.74, 6) is -0.0954. The monoisotopic (exact) mass is 242 g/mol. The Labute approximate surface area is 106 Å². The molecular weight excluding hydrogens is 228 g/mol. The molecule has 0 atom stereocenters. The summed E-state index contributed by atoms with van der Waals surface area (Å²) in [7, 11) is 0. The van der Waals surface area contributed by atoms with Crippen molar-refractivity contribution in [2.45, 2.75) is 6.92 Å². The van der Waals surface area contributed by atoms with Gasteiger partial charge in [0.05, 0.1) is 12.2 Å². The molecule has 2 aromatic rings. The first kappa shape index (κ1) is 12.2. The largest absolute Gasteiger partial charge is 0.508 e. The van der Waals surface area contributed by atoms with Crippen LogP contribution in [-0.2, 0) is 4.74 Å². The molecule has 0 saturated carbocycles. The van der Waals surface area contributed by atoms with E-state index in [-0.39, 0.29) is 11.7 Å². The minimum absolute atomic E-state index is 0.224. The van der Waals surface area contributed by atoms with E-state index in [1.54, 1.807) is 37.3 Å². The van der Waals surface area contributed by atoms with Gasteiger partial charge in [0.25, 0.3) is 0 Å². The minimum Gasteiger partial charge on any atom is -0.508 e. The van der Waals surface area contributed by atoms with Crippen molar-refractivity contribution in [1.29, 1.82) is 0 Å². The van der Waals surface area contributed by atoms with Crippen LogP contribution in [0.5, 0.6) is 5.75 Å². The molecule has 18 heavy (non-hydrogen) atoms. The summed E-state index contributed by atoms with van der Waals surface area (Å²) in [6.45, 7) is 2.14. The highest BCUT2D eigenvalue weighted by molar-refractivity contribution is 5.90. The third-order valence-electron chi connectivity index (χ3n) is 2.58. The van der Waals surface area contributed by atoms with E-state index in [1.165, 1.54) is 0 Å². The maximum absolute atomic E-state index is 11.5. The Kier molecular flexibility index (Phi) is 3.63. The van der Waals surface area contributed by atoms with Gasteiger partial charge in [0.2, 0.25) is 0 Å². The van der Waals surface area contributed by atoms with Crippen LogP contribution in [0.2, 0.25) is 0 Å². The third-order valence-corrected chi connectivity index (χ3v) is 2.58. The number of rotatable bonds is 3. The fourth-order valence-corrected chi connectivity index (χ4v) is 1.70. The molecule has 2 rings (SSSR count). The Morgan fingerprint density at radius 2 is 1.83 bits per heavy atom. The molecule has 0 heterocycles. The van der Waals surface area contributed by atoms with E-state index >= 15 is 0 Å². The van der Waals surface area contributed by atoms with Gasteiger partial charge in [-0.1, -0.05) is 24.3 Å². The molecule has 92 valence electrons. The predicted molar refractivity (Wildman–Crippen MR) is 69.5 cm³/mol. The maximum atomic E-state index is 11.5. The fraction of sp³-hybridized carbons (Fsp3) is 0.133. The van der Waals surface area contributed by atoms with E-state index in [0.717, 1.165) is 11.1 Å². The number of hydrogen-bond acceptors (Lipinski definition) is 3. The predicted octanol–water partition coefficient (Wildman–Crippen LogP) is 3.24. The summed E-state index contributed by atoms with van der Waals surface area (Å²) >= 11 is 0. The van der Waals surface area contributed by atoms with E-state index in [0.29, 0.717) is 12.2 Å². The Morgan fingerprint density at radius 1 is 1.11 bits per heavy atom. The van der Waals surface area contributed by atoms with Crippen molar-refractivity contribution in [1.82, 2.24) is 0 Å². The average Bonchev–Trinajstić information content (AvgIpc) is 2.39. The SMILES string of the molecule is CCOC(=O)c1ccc(-c2cccc(O)c2)cc1. The van der Waals surface area contributed by atoms with Crippen LogP contribution < -0.4 is 0 Å². The van der Waals surface area contributed by atoms with Gasteiger partial charge in [-0.25, -0.2) is 4.79 Å². The molecule has 0 aliphatic rings. The maximum Gasteiger partial charge on any atom is 0.338 e. The van der Waals surface area contributed by atoms with Gasteiger partial charge in [-0.3, -0.25) is 0 Å². The van der Waals surface area contributed by atoms with Crippen LogP contribution in [0.4, 0.5) is 0 Å². The molecule has 0 aliphatic heterocycles. The molecule has 2 aromatic carbocycles. The highest BCUT2D eigenvalue weighted by atomic mass is 16.5. The zero-order chi connectivity index (χ0) is 13.0. The molecule has 3 nitrogen and oxygen atoms in total.